The zero-order chi connectivity index (χ0) is 20.9. The molecule has 1 saturated heterocycles. The second-order valence-corrected chi connectivity index (χ2v) is 10.1. The Labute approximate surface area is 169 Å². The summed E-state index contributed by atoms with van der Waals surface area (Å²) < 4.78 is 32.6. The number of hydrogen-bond acceptors (Lipinski definition) is 4. The van der Waals surface area contributed by atoms with Gasteiger partial charge >= 0.3 is 0 Å². The van der Waals surface area contributed by atoms with Gasteiger partial charge in [0.25, 0.3) is 10.2 Å². The van der Waals surface area contributed by atoms with Gasteiger partial charge in [-0.25, -0.2) is 0 Å². The van der Waals surface area contributed by atoms with Crippen molar-refractivity contribution < 1.29 is 17.9 Å². The van der Waals surface area contributed by atoms with Gasteiger partial charge in [-0.15, -0.1) is 0 Å². The lowest BCUT2D eigenvalue weighted by molar-refractivity contribution is -0.127. The van der Waals surface area contributed by atoms with Crippen molar-refractivity contribution in [2.75, 3.05) is 34.3 Å². The lowest BCUT2D eigenvalue weighted by Crippen LogP contribution is -2.49. The summed E-state index contributed by atoms with van der Waals surface area (Å²) in [5, 5.41) is 3.16. The van der Waals surface area contributed by atoms with Crippen molar-refractivity contribution in [1.82, 2.24) is 13.9 Å². The third kappa shape index (κ3) is 5.68. The molecular formula is C20H33N3O4S. The average Bonchev–Trinajstić information content (AvgIpc) is 2.67. The van der Waals surface area contributed by atoms with Gasteiger partial charge in [-0.05, 0) is 42.9 Å². The Morgan fingerprint density at radius 2 is 1.93 bits per heavy atom. The first-order valence-corrected chi connectivity index (χ1v) is 11.2. The van der Waals surface area contributed by atoms with Crippen LogP contribution in [0.15, 0.2) is 24.3 Å². The Hall–Kier alpha value is -1.64. The number of carbonyl (C=O) groups excluding carboxylic acids is 1. The molecule has 1 aliphatic rings. The molecule has 0 saturated carbocycles. The lowest BCUT2D eigenvalue weighted by atomic mass is 9.94. The first-order valence-electron chi connectivity index (χ1n) is 9.77. The Morgan fingerprint density at radius 1 is 1.29 bits per heavy atom. The van der Waals surface area contributed by atoms with E-state index in [1.807, 2.05) is 24.3 Å². The van der Waals surface area contributed by atoms with Gasteiger partial charge in [0, 0.05) is 27.2 Å². The van der Waals surface area contributed by atoms with E-state index < -0.39 is 10.2 Å². The maximum Gasteiger partial charge on any atom is 0.281 e. The van der Waals surface area contributed by atoms with E-state index >= 15 is 0 Å². The standard InChI is InChI=1S/C20H33N3O4S/c1-15(2)13-19(16-8-10-18(27-5)11-9-16)21-20(24)17-7-6-12-23(14-17)28(25,26)22(3)4/h8-11,15,17,19H,6-7,12-14H2,1-5H3,(H,21,24)/t17-,19-/m1/s1. The van der Waals surface area contributed by atoms with Crippen molar-refractivity contribution in [1.29, 1.82) is 0 Å². The number of carbonyl (C=O) groups is 1. The Balaban J connectivity index is 2.11. The van der Waals surface area contributed by atoms with E-state index in [0.717, 1.165) is 17.7 Å². The molecule has 158 valence electrons. The number of amides is 1. The molecule has 1 fully saturated rings. The summed E-state index contributed by atoms with van der Waals surface area (Å²) >= 11 is 0. The SMILES string of the molecule is COc1ccc([C@@H](CC(C)C)NC(=O)[C@@H]2CCCN(S(=O)(=O)N(C)C)C2)cc1. The molecule has 2 atom stereocenters. The Morgan fingerprint density at radius 3 is 2.46 bits per heavy atom. The summed E-state index contributed by atoms with van der Waals surface area (Å²) in [4.78, 5) is 13.0. The number of nitrogens with zero attached hydrogens (tertiary/aromatic N) is 2. The minimum atomic E-state index is -3.50. The van der Waals surface area contributed by atoms with Crippen LogP contribution in [0.4, 0.5) is 0 Å². The van der Waals surface area contributed by atoms with Crippen molar-refractivity contribution in [3.05, 3.63) is 29.8 Å². The number of methoxy groups -OCH3 is 1. The monoisotopic (exact) mass is 411 g/mol. The van der Waals surface area contributed by atoms with Gasteiger partial charge in [0.2, 0.25) is 5.91 Å². The number of nitrogens with one attached hydrogen (secondary N) is 1. The van der Waals surface area contributed by atoms with E-state index in [-0.39, 0.29) is 24.4 Å². The highest BCUT2D eigenvalue weighted by atomic mass is 32.2. The number of hydrogen-bond donors (Lipinski definition) is 1. The summed E-state index contributed by atoms with van der Waals surface area (Å²) in [7, 11) is 1.15. The molecule has 1 aromatic rings. The van der Waals surface area contributed by atoms with Gasteiger partial charge < -0.3 is 10.1 Å². The molecule has 1 aliphatic heterocycles. The van der Waals surface area contributed by atoms with Gasteiger partial charge in [-0.1, -0.05) is 26.0 Å². The van der Waals surface area contributed by atoms with Crippen LogP contribution in [0.1, 0.15) is 44.7 Å². The molecule has 0 bridgehead atoms. The molecular weight excluding hydrogens is 378 g/mol. The van der Waals surface area contributed by atoms with Crippen LogP contribution in [0.5, 0.6) is 5.75 Å². The smallest absolute Gasteiger partial charge is 0.281 e. The highest BCUT2D eigenvalue weighted by Gasteiger charge is 2.34. The van der Waals surface area contributed by atoms with E-state index in [4.69, 9.17) is 4.74 Å². The molecule has 1 N–H and O–H groups in total. The summed E-state index contributed by atoms with van der Waals surface area (Å²) in [6.07, 6.45) is 2.19. The number of piperidine rings is 1. The van der Waals surface area contributed by atoms with Crippen molar-refractivity contribution in [2.24, 2.45) is 11.8 Å². The van der Waals surface area contributed by atoms with Crippen molar-refractivity contribution in [3.63, 3.8) is 0 Å². The first kappa shape index (κ1) is 22.6. The van der Waals surface area contributed by atoms with Gasteiger partial charge in [0.15, 0.2) is 0 Å². The fourth-order valence-electron chi connectivity index (χ4n) is 3.47. The van der Waals surface area contributed by atoms with Crippen LogP contribution in [-0.4, -0.2) is 57.2 Å². The van der Waals surface area contributed by atoms with Crippen molar-refractivity contribution >= 4 is 16.1 Å². The van der Waals surface area contributed by atoms with E-state index in [1.165, 1.54) is 22.7 Å². The largest absolute Gasteiger partial charge is 0.497 e. The second kappa shape index (κ2) is 9.71. The number of benzene rings is 1. The third-order valence-corrected chi connectivity index (χ3v) is 6.99. The minimum absolute atomic E-state index is 0.0832. The Bertz CT molecular complexity index is 747. The lowest BCUT2D eigenvalue weighted by Gasteiger charge is -2.33. The summed E-state index contributed by atoms with van der Waals surface area (Å²) in [6, 6.07) is 7.60. The van der Waals surface area contributed by atoms with Crippen molar-refractivity contribution in [2.45, 2.75) is 39.2 Å². The predicted octanol–water partition coefficient (Wildman–Crippen LogP) is 2.42. The van der Waals surface area contributed by atoms with Crippen LogP contribution in [0.2, 0.25) is 0 Å². The van der Waals surface area contributed by atoms with E-state index in [2.05, 4.69) is 19.2 Å². The molecule has 0 spiro atoms. The molecule has 2 rings (SSSR count). The van der Waals surface area contributed by atoms with Crippen LogP contribution in [0, 0.1) is 11.8 Å². The molecule has 1 aromatic carbocycles. The first-order chi connectivity index (χ1) is 13.1. The van der Waals surface area contributed by atoms with Crippen LogP contribution < -0.4 is 10.1 Å². The second-order valence-electron chi connectivity index (χ2n) is 7.95. The molecule has 1 heterocycles. The summed E-state index contributed by atoms with van der Waals surface area (Å²) in [5.74, 6) is 0.760. The fraction of sp³-hybridized carbons (Fsp3) is 0.650. The third-order valence-electron chi connectivity index (χ3n) is 5.08. The molecule has 0 aliphatic carbocycles. The van der Waals surface area contributed by atoms with Crippen LogP contribution in [-0.2, 0) is 15.0 Å². The van der Waals surface area contributed by atoms with Crippen molar-refractivity contribution in [3.8, 4) is 5.75 Å². The normalized spacial score (nSPS) is 19.6. The van der Waals surface area contributed by atoms with E-state index in [1.54, 1.807) is 7.11 Å². The van der Waals surface area contributed by atoms with Crippen LogP contribution >= 0.6 is 0 Å². The molecule has 28 heavy (non-hydrogen) atoms. The van der Waals surface area contributed by atoms with E-state index in [0.29, 0.717) is 25.3 Å². The zero-order valence-electron chi connectivity index (χ0n) is 17.5. The quantitative estimate of drug-likeness (QED) is 0.713. The fourth-order valence-corrected chi connectivity index (χ4v) is 4.66. The molecule has 7 nitrogen and oxygen atoms in total. The highest BCUT2D eigenvalue weighted by molar-refractivity contribution is 7.86. The van der Waals surface area contributed by atoms with Gasteiger partial charge in [0.1, 0.15) is 5.75 Å². The predicted molar refractivity (Wildman–Crippen MR) is 110 cm³/mol. The molecule has 0 unspecified atom stereocenters. The van der Waals surface area contributed by atoms with Gasteiger partial charge in [-0.2, -0.15) is 17.0 Å². The van der Waals surface area contributed by atoms with E-state index in [9.17, 15) is 13.2 Å². The summed E-state index contributed by atoms with van der Waals surface area (Å²) in [5.41, 5.74) is 1.02. The highest BCUT2D eigenvalue weighted by Crippen LogP contribution is 2.26. The molecule has 8 heteroatoms. The number of ether oxygens (including phenoxy) is 1. The molecule has 0 radical (unpaired) electrons. The maximum absolute atomic E-state index is 13.0. The van der Waals surface area contributed by atoms with Gasteiger partial charge in [0.05, 0.1) is 19.1 Å². The Kier molecular flexibility index (Phi) is 7.86. The molecule has 1 amide bonds. The topological polar surface area (TPSA) is 79.0 Å². The molecule has 0 aromatic heterocycles. The van der Waals surface area contributed by atoms with Crippen LogP contribution in [0.25, 0.3) is 0 Å². The maximum atomic E-state index is 13.0. The minimum Gasteiger partial charge on any atom is -0.497 e. The average molecular weight is 412 g/mol. The zero-order valence-corrected chi connectivity index (χ0v) is 18.3. The summed E-state index contributed by atoms with van der Waals surface area (Å²) in [6.45, 7) is 4.92. The number of rotatable bonds is 8. The van der Waals surface area contributed by atoms with Gasteiger partial charge in [-0.3, -0.25) is 4.79 Å². The van der Waals surface area contributed by atoms with Crippen LogP contribution in [0.3, 0.4) is 0 Å².